The van der Waals surface area contributed by atoms with Gasteiger partial charge in [-0.25, -0.2) is 0 Å². The molecule has 0 spiro atoms. The third kappa shape index (κ3) is 2.95. The molecule has 1 aliphatic rings. The van der Waals surface area contributed by atoms with Crippen molar-refractivity contribution >= 4 is 5.78 Å². The molecule has 1 N–H and O–H groups in total. The van der Waals surface area contributed by atoms with Crippen molar-refractivity contribution in [2.45, 2.75) is 32.6 Å². The minimum Gasteiger partial charge on any atom is -0.316 e. The number of benzene rings is 1. The van der Waals surface area contributed by atoms with Crippen LogP contribution in [0.15, 0.2) is 24.3 Å². The Balaban J connectivity index is 2.07. The zero-order valence-corrected chi connectivity index (χ0v) is 10.7. The Morgan fingerprint density at radius 1 is 1.35 bits per heavy atom. The first-order chi connectivity index (χ1) is 8.18. The Labute approximate surface area is 103 Å². The van der Waals surface area contributed by atoms with E-state index in [1.54, 1.807) is 6.92 Å². The highest BCUT2D eigenvalue weighted by Gasteiger charge is 2.20. The second-order valence-corrected chi connectivity index (χ2v) is 5.07. The first-order valence-electron chi connectivity index (χ1n) is 6.50. The fourth-order valence-corrected chi connectivity index (χ4v) is 2.60. The first-order valence-corrected chi connectivity index (χ1v) is 6.50. The predicted octanol–water partition coefficient (Wildman–Crippen LogP) is 2.99. The summed E-state index contributed by atoms with van der Waals surface area (Å²) >= 11 is 0. The Morgan fingerprint density at radius 3 is 2.59 bits per heavy atom. The van der Waals surface area contributed by atoms with Crippen molar-refractivity contribution in [2.24, 2.45) is 5.92 Å². The molecule has 1 saturated heterocycles. The number of nitrogens with one attached hydrogen (secondary N) is 1. The highest BCUT2D eigenvalue weighted by atomic mass is 16.1. The van der Waals surface area contributed by atoms with Gasteiger partial charge in [0.15, 0.2) is 5.78 Å². The van der Waals surface area contributed by atoms with Crippen molar-refractivity contribution in [1.29, 1.82) is 0 Å². The zero-order valence-electron chi connectivity index (χ0n) is 10.7. The number of piperidine rings is 1. The van der Waals surface area contributed by atoms with Gasteiger partial charge in [-0.1, -0.05) is 31.2 Å². The van der Waals surface area contributed by atoms with Gasteiger partial charge in [0.1, 0.15) is 0 Å². The second-order valence-electron chi connectivity index (χ2n) is 5.07. The maximum atomic E-state index is 11.2. The molecule has 0 saturated carbocycles. The quantitative estimate of drug-likeness (QED) is 0.810. The summed E-state index contributed by atoms with van der Waals surface area (Å²) in [7, 11) is 0. The summed E-state index contributed by atoms with van der Waals surface area (Å²) in [6, 6.07) is 8.11. The number of carbonyl (C=O) groups excluding carboxylic acids is 1. The lowest BCUT2D eigenvalue weighted by Crippen LogP contribution is -2.32. The Bertz CT molecular complexity index is 376. The van der Waals surface area contributed by atoms with Crippen LogP contribution in [0, 0.1) is 5.92 Å². The molecule has 17 heavy (non-hydrogen) atoms. The van der Waals surface area contributed by atoms with Gasteiger partial charge in [-0.05, 0) is 50.3 Å². The molecular weight excluding hydrogens is 210 g/mol. The van der Waals surface area contributed by atoms with E-state index in [-0.39, 0.29) is 5.78 Å². The summed E-state index contributed by atoms with van der Waals surface area (Å²) in [5.74, 6) is 1.44. The third-order valence-electron chi connectivity index (χ3n) is 3.89. The van der Waals surface area contributed by atoms with Crippen LogP contribution in [0.5, 0.6) is 0 Å². The normalized spacial score (nSPS) is 22.1. The molecule has 1 aliphatic heterocycles. The molecule has 1 heterocycles. The molecule has 2 heteroatoms. The average Bonchev–Trinajstić information content (AvgIpc) is 2.39. The van der Waals surface area contributed by atoms with Crippen molar-refractivity contribution in [2.75, 3.05) is 13.1 Å². The van der Waals surface area contributed by atoms with E-state index in [1.807, 2.05) is 12.1 Å². The Morgan fingerprint density at radius 2 is 2.06 bits per heavy atom. The lowest BCUT2D eigenvalue weighted by molar-refractivity contribution is 0.101. The minimum atomic E-state index is 0.142. The van der Waals surface area contributed by atoms with E-state index < -0.39 is 0 Å². The number of Topliss-reactive ketones (excluding diaryl/α,β-unsaturated/α-hetero) is 1. The molecule has 92 valence electrons. The summed E-state index contributed by atoms with van der Waals surface area (Å²) in [5.41, 5.74) is 2.16. The van der Waals surface area contributed by atoms with Crippen LogP contribution in [0.25, 0.3) is 0 Å². The van der Waals surface area contributed by atoms with Gasteiger partial charge >= 0.3 is 0 Å². The van der Waals surface area contributed by atoms with Gasteiger partial charge in [0, 0.05) is 5.56 Å². The van der Waals surface area contributed by atoms with Crippen LogP contribution in [0.1, 0.15) is 48.5 Å². The molecule has 1 aromatic carbocycles. The number of rotatable bonds is 3. The van der Waals surface area contributed by atoms with Crippen molar-refractivity contribution in [3.8, 4) is 0 Å². The molecule has 0 bridgehead atoms. The maximum Gasteiger partial charge on any atom is 0.159 e. The molecule has 1 fully saturated rings. The van der Waals surface area contributed by atoms with Crippen molar-refractivity contribution in [1.82, 2.24) is 5.32 Å². The molecule has 2 nitrogen and oxygen atoms in total. The topological polar surface area (TPSA) is 29.1 Å². The van der Waals surface area contributed by atoms with E-state index in [4.69, 9.17) is 0 Å². The number of hydrogen-bond acceptors (Lipinski definition) is 2. The van der Waals surface area contributed by atoms with E-state index >= 15 is 0 Å². The Kier molecular flexibility index (Phi) is 3.95. The van der Waals surface area contributed by atoms with Gasteiger partial charge in [0.05, 0.1) is 0 Å². The molecule has 0 aromatic heterocycles. The SMILES string of the molecule is CC(=O)c1ccc(C(C)C2CCCNC2)cc1. The van der Waals surface area contributed by atoms with E-state index in [0.717, 1.165) is 24.6 Å². The summed E-state index contributed by atoms with van der Waals surface area (Å²) in [5, 5.41) is 3.46. The number of hydrogen-bond donors (Lipinski definition) is 1. The van der Waals surface area contributed by atoms with Crippen molar-refractivity contribution in [3.63, 3.8) is 0 Å². The molecular formula is C15H21NO. The van der Waals surface area contributed by atoms with E-state index in [2.05, 4.69) is 24.4 Å². The molecule has 1 aromatic rings. The number of ketones is 1. The molecule has 2 unspecified atom stereocenters. The average molecular weight is 231 g/mol. The van der Waals surface area contributed by atoms with Crippen LogP contribution in [-0.4, -0.2) is 18.9 Å². The van der Waals surface area contributed by atoms with Gasteiger partial charge in [-0.2, -0.15) is 0 Å². The number of carbonyl (C=O) groups is 1. The molecule has 2 rings (SSSR count). The Hall–Kier alpha value is -1.15. The monoisotopic (exact) mass is 231 g/mol. The van der Waals surface area contributed by atoms with Crippen LogP contribution in [0.3, 0.4) is 0 Å². The van der Waals surface area contributed by atoms with Crippen molar-refractivity contribution < 1.29 is 4.79 Å². The van der Waals surface area contributed by atoms with Crippen LogP contribution in [0.2, 0.25) is 0 Å². The van der Waals surface area contributed by atoms with E-state index in [9.17, 15) is 4.79 Å². The van der Waals surface area contributed by atoms with Crippen LogP contribution < -0.4 is 5.32 Å². The highest BCUT2D eigenvalue weighted by molar-refractivity contribution is 5.94. The van der Waals surface area contributed by atoms with E-state index in [1.165, 1.54) is 18.4 Å². The minimum absolute atomic E-state index is 0.142. The van der Waals surface area contributed by atoms with Crippen LogP contribution in [-0.2, 0) is 0 Å². The standard InChI is InChI=1S/C15H21NO/c1-11(15-4-3-9-16-10-15)13-5-7-14(8-6-13)12(2)17/h5-8,11,15-16H,3-4,9-10H2,1-2H3. The third-order valence-corrected chi connectivity index (χ3v) is 3.89. The van der Waals surface area contributed by atoms with Gasteiger partial charge in [0.2, 0.25) is 0 Å². The van der Waals surface area contributed by atoms with Gasteiger partial charge in [-0.3, -0.25) is 4.79 Å². The van der Waals surface area contributed by atoms with Crippen molar-refractivity contribution in [3.05, 3.63) is 35.4 Å². The largest absolute Gasteiger partial charge is 0.316 e. The van der Waals surface area contributed by atoms with Gasteiger partial charge in [0.25, 0.3) is 0 Å². The maximum absolute atomic E-state index is 11.2. The smallest absolute Gasteiger partial charge is 0.159 e. The summed E-state index contributed by atoms with van der Waals surface area (Å²) in [4.78, 5) is 11.2. The zero-order chi connectivity index (χ0) is 12.3. The molecule has 0 amide bonds. The molecule has 2 atom stereocenters. The molecule has 0 aliphatic carbocycles. The predicted molar refractivity (Wildman–Crippen MR) is 70.5 cm³/mol. The fraction of sp³-hybridized carbons (Fsp3) is 0.533. The van der Waals surface area contributed by atoms with Crippen LogP contribution in [0.4, 0.5) is 0 Å². The summed E-state index contributed by atoms with van der Waals surface area (Å²) in [6.07, 6.45) is 2.59. The fourth-order valence-electron chi connectivity index (χ4n) is 2.60. The summed E-state index contributed by atoms with van der Waals surface area (Å²) in [6.45, 7) is 6.19. The van der Waals surface area contributed by atoms with Gasteiger partial charge in [-0.15, -0.1) is 0 Å². The van der Waals surface area contributed by atoms with E-state index in [0.29, 0.717) is 5.92 Å². The lowest BCUT2D eigenvalue weighted by Gasteiger charge is -2.28. The second kappa shape index (κ2) is 5.46. The molecule has 0 radical (unpaired) electrons. The lowest BCUT2D eigenvalue weighted by atomic mass is 9.82. The highest BCUT2D eigenvalue weighted by Crippen LogP contribution is 2.29. The van der Waals surface area contributed by atoms with Gasteiger partial charge < -0.3 is 5.32 Å². The summed E-state index contributed by atoms with van der Waals surface area (Å²) < 4.78 is 0. The van der Waals surface area contributed by atoms with Crippen LogP contribution >= 0.6 is 0 Å². The first kappa shape index (κ1) is 12.3.